The Morgan fingerprint density at radius 1 is 1.67 bits per heavy atom. The fourth-order valence-electron chi connectivity index (χ4n) is 0.496. The third-order valence-electron chi connectivity index (χ3n) is 1.37. The first-order chi connectivity index (χ1) is 5.49. The van der Waals surface area contributed by atoms with Gasteiger partial charge in [0.25, 0.3) is 0 Å². The van der Waals surface area contributed by atoms with Crippen molar-refractivity contribution in [3.63, 3.8) is 0 Å². The molecule has 0 bridgehead atoms. The lowest BCUT2D eigenvalue weighted by atomic mass is 10.2. The summed E-state index contributed by atoms with van der Waals surface area (Å²) in [6.45, 7) is 5.96. The Morgan fingerprint density at radius 2 is 2.17 bits per heavy atom. The molecule has 0 aromatic heterocycles. The van der Waals surface area contributed by atoms with Crippen molar-refractivity contribution >= 4 is 5.97 Å². The molecule has 4 nitrogen and oxygen atoms in total. The molecule has 0 aliphatic rings. The van der Waals surface area contributed by atoms with E-state index in [2.05, 4.69) is 6.58 Å². The fraction of sp³-hybridized carbons (Fsp3) is 0.625. The number of rotatable bonds is 4. The van der Waals surface area contributed by atoms with Crippen LogP contribution in [0.3, 0.4) is 0 Å². The van der Waals surface area contributed by atoms with E-state index in [1.54, 1.807) is 0 Å². The lowest BCUT2D eigenvalue weighted by Gasteiger charge is -2.16. The monoisotopic (exact) mass is 174 g/mol. The van der Waals surface area contributed by atoms with Crippen molar-refractivity contribution < 1.29 is 19.7 Å². The highest BCUT2D eigenvalue weighted by Crippen LogP contribution is 2.02. The van der Waals surface area contributed by atoms with Gasteiger partial charge in [0.15, 0.2) is 0 Å². The zero-order valence-corrected chi connectivity index (χ0v) is 7.28. The van der Waals surface area contributed by atoms with Gasteiger partial charge in [-0.25, -0.2) is 4.79 Å². The first kappa shape index (κ1) is 11.1. The molecule has 0 rings (SSSR count). The highest BCUT2D eigenvalue weighted by atomic mass is 16.6. The van der Waals surface area contributed by atoms with E-state index in [4.69, 9.17) is 14.9 Å². The number of esters is 1. The zero-order valence-electron chi connectivity index (χ0n) is 7.28. The Bertz CT molecular complexity index is 176. The molecule has 2 N–H and O–H groups in total. The molecular weight excluding hydrogens is 160 g/mol. The molecule has 4 heteroatoms. The number of carbonyl (C=O) groups excluding carboxylic acids is 1. The number of aliphatic hydroxyl groups excluding tert-OH is 2. The zero-order chi connectivity index (χ0) is 9.72. The van der Waals surface area contributed by atoms with Gasteiger partial charge in [0.1, 0.15) is 12.2 Å². The van der Waals surface area contributed by atoms with Crippen molar-refractivity contribution in [2.75, 3.05) is 6.61 Å². The summed E-state index contributed by atoms with van der Waals surface area (Å²) in [5.74, 6) is -0.560. The topological polar surface area (TPSA) is 66.8 Å². The highest BCUT2D eigenvalue weighted by molar-refractivity contribution is 5.87. The van der Waals surface area contributed by atoms with Crippen LogP contribution in [0, 0.1) is 0 Å². The molecular formula is C8H14O4. The predicted octanol–water partition coefficient (Wildman–Crippen LogP) is -0.153. The van der Waals surface area contributed by atoms with Crippen LogP contribution in [0.2, 0.25) is 0 Å². The second-order valence-electron chi connectivity index (χ2n) is 2.64. The number of hydrogen-bond acceptors (Lipinski definition) is 4. The Balaban J connectivity index is 3.92. The van der Waals surface area contributed by atoms with Gasteiger partial charge in [-0.2, -0.15) is 0 Å². The first-order valence-corrected chi connectivity index (χ1v) is 3.64. The molecule has 0 aromatic rings. The average Bonchev–Trinajstić information content (AvgIpc) is 2.02. The standard InChI is InChI=1S/C8H14O4/c1-5(2)8(11)12-6(3)7(10)4-9/h6-7,9-10H,1,4H2,2-3H3. The summed E-state index contributed by atoms with van der Waals surface area (Å²) >= 11 is 0. The minimum absolute atomic E-state index is 0.270. The summed E-state index contributed by atoms with van der Waals surface area (Å²) in [6, 6.07) is 0. The van der Waals surface area contributed by atoms with Crippen LogP contribution in [0.25, 0.3) is 0 Å². The van der Waals surface area contributed by atoms with Crippen LogP contribution in [0.4, 0.5) is 0 Å². The van der Waals surface area contributed by atoms with E-state index in [0.29, 0.717) is 0 Å². The Labute approximate surface area is 71.5 Å². The van der Waals surface area contributed by atoms with Crippen molar-refractivity contribution in [3.05, 3.63) is 12.2 Å². The maximum absolute atomic E-state index is 10.9. The van der Waals surface area contributed by atoms with E-state index in [-0.39, 0.29) is 5.57 Å². The van der Waals surface area contributed by atoms with Gasteiger partial charge in [-0.05, 0) is 13.8 Å². The van der Waals surface area contributed by atoms with Gasteiger partial charge in [-0.1, -0.05) is 6.58 Å². The van der Waals surface area contributed by atoms with Crippen LogP contribution >= 0.6 is 0 Å². The minimum atomic E-state index is -1.03. The van der Waals surface area contributed by atoms with Gasteiger partial charge < -0.3 is 14.9 Å². The van der Waals surface area contributed by atoms with Gasteiger partial charge in [0.2, 0.25) is 0 Å². The molecule has 0 aromatic carbocycles. The lowest BCUT2D eigenvalue weighted by molar-refractivity contribution is -0.150. The van der Waals surface area contributed by atoms with Crippen LogP contribution in [-0.2, 0) is 9.53 Å². The highest BCUT2D eigenvalue weighted by Gasteiger charge is 2.17. The van der Waals surface area contributed by atoms with Crippen molar-refractivity contribution in [3.8, 4) is 0 Å². The van der Waals surface area contributed by atoms with Crippen LogP contribution in [0.15, 0.2) is 12.2 Å². The predicted molar refractivity (Wildman–Crippen MR) is 43.5 cm³/mol. The number of hydrogen-bond donors (Lipinski definition) is 2. The van der Waals surface area contributed by atoms with Gasteiger partial charge in [0.05, 0.1) is 6.61 Å². The molecule has 0 heterocycles. The molecule has 0 spiro atoms. The summed E-state index contributed by atoms with van der Waals surface area (Å²) < 4.78 is 4.72. The van der Waals surface area contributed by atoms with E-state index < -0.39 is 24.8 Å². The van der Waals surface area contributed by atoms with Crippen molar-refractivity contribution in [2.24, 2.45) is 0 Å². The normalized spacial score (nSPS) is 15.0. The third-order valence-corrected chi connectivity index (χ3v) is 1.37. The van der Waals surface area contributed by atoms with Gasteiger partial charge >= 0.3 is 5.97 Å². The molecule has 0 amide bonds. The lowest BCUT2D eigenvalue weighted by Crippen LogP contribution is -2.31. The fourth-order valence-corrected chi connectivity index (χ4v) is 0.496. The quantitative estimate of drug-likeness (QED) is 0.459. The Hall–Kier alpha value is -0.870. The molecule has 12 heavy (non-hydrogen) atoms. The smallest absolute Gasteiger partial charge is 0.333 e. The maximum Gasteiger partial charge on any atom is 0.333 e. The molecule has 2 atom stereocenters. The van der Waals surface area contributed by atoms with E-state index in [9.17, 15) is 4.79 Å². The van der Waals surface area contributed by atoms with Crippen molar-refractivity contribution in [1.82, 2.24) is 0 Å². The first-order valence-electron chi connectivity index (χ1n) is 3.64. The van der Waals surface area contributed by atoms with E-state index >= 15 is 0 Å². The summed E-state index contributed by atoms with van der Waals surface area (Å²) in [5.41, 5.74) is 0.270. The van der Waals surface area contributed by atoms with Crippen LogP contribution < -0.4 is 0 Å². The molecule has 0 aliphatic heterocycles. The van der Waals surface area contributed by atoms with Gasteiger partial charge in [-0.15, -0.1) is 0 Å². The molecule has 0 radical (unpaired) electrons. The molecule has 0 fully saturated rings. The summed E-state index contributed by atoms with van der Waals surface area (Å²) in [6.07, 6.45) is -1.74. The van der Waals surface area contributed by atoms with E-state index in [0.717, 1.165) is 0 Å². The molecule has 0 aliphatic carbocycles. The molecule has 0 saturated heterocycles. The largest absolute Gasteiger partial charge is 0.456 e. The van der Waals surface area contributed by atoms with Crippen LogP contribution in [-0.4, -0.2) is 35.0 Å². The summed E-state index contributed by atoms with van der Waals surface area (Å²) in [4.78, 5) is 10.9. The van der Waals surface area contributed by atoms with Gasteiger partial charge in [-0.3, -0.25) is 0 Å². The number of ether oxygens (including phenoxy) is 1. The third kappa shape index (κ3) is 3.50. The SMILES string of the molecule is C=C(C)C(=O)OC(C)C(O)CO. The molecule has 70 valence electrons. The second kappa shape index (κ2) is 4.90. The van der Waals surface area contributed by atoms with Crippen LogP contribution in [0.5, 0.6) is 0 Å². The van der Waals surface area contributed by atoms with E-state index in [1.165, 1.54) is 13.8 Å². The molecule has 2 unspecified atom stereocenters. The van der Waals surface area contributed by atoms with Crippen molar-refractivity contribution in [1.29, 1.82) is 0 Å². The molecule has 0 saturated carbocycles. The maximum atomic E-state index is 10.9. The summed E-state index contributed by atoms with van der Waals surface area (Å²) in [5, 5.41) is 17.5. The Morgan fingerprint density at radius 3 is 2.50 bits per heavy atom. The second-order valence-corrected chi connectivity index (χ2v) is 2.64. The van der Waals surface area contributed by atoms with Crippen molar-refractivity contribution in [2.45, 2.75) is 26.1 Å². The minimum Gasteiger partial charge on any atom is -0.456 e. The van der Waals surface area contributed by atoms with Crippen LogP contribution in [0.1, 0.15) is 13.8 Å². The van der Waals surface area contributed by atoms with E-state index in [1.807, 2.05) is 0 Å². The Kier molecular flexibility index (Phi) is 4.54. The summed E-state index contributed by atoms with van der Waals surface area (Å²) in [7, 11) is 0. The number of aliphatic hydroxyl groups is 2. The number of carbonyl (C=O) groups is 1. The average molecular weight is 174 g/mol. The van der Waals surface area contributed by atoms with Gasteiger partial charge in [0, 0.05) is 5.57 Å².